The van der Waals surface area contributed by atoms with Crippen molar-refractivity contribution in [2.75, 3.05) is 11.9 Å². The van der Waals surface area contributed by atoms with Crippen LogP contribution in [0.1, 0.15) is 11.1 Å². The van der Waals surface area contributed by atoms with Crippen LogP contribution in [0.4, 0.5) is 5.69 Å². The molecule has 2 aromatic rings. The number of aliphatic hydroxyl groups excluding tert-OH is 1. The van der Waals surface area contributed by atoms with Gasteiger partial charge in [0.05, 0.1) is 12.6 Å². The Balaban J connectivity index is 2.10. The van der Waals surface area contributed by atoms with E-state index in [0.717, 1.165) is 17.7 Å². The zero-order chi connectivity index (χ0) is 14.4. The number of nitrogens with two attached hydrogens (primary N) is 1. The third-order valence-electron chi connectivity index (χ3n) is 3.19. The predicted molar refractivity (Wildman–Crippen MR) is 84.0 cm³/mol. The normalized spacial score (nSPS) is 12.2. The third kappa shape index (κ3) is 3.97. The van der Waals surface area contributed by atoms with Crippen LogP contribution >= 0.6 is 11.6 Å². The molecule has 4 heteroatoms. The molecule has 1 atom stereocenters. The van der Waals surface area contributed by atoms with Crippen LogP contribution in [-0.2, 0) is 13.0 Å². The summed E-state index contributed by atoms with van der Waals surface area (Å²) in [7, 11) is 0. The summed E-state index contributed by atoms with van der Waals surface area (Å²) in [5.74, 6) is 0. The lowest BCUT2D eigenvalue weighted by Gasteiger charge is -2.20. The summed E-state index contributed by atoms with van der Waals surface area (Å²) in [5, 5.41) is 13.5. The Morgan fingerprint density at radius 1 is 1.15 bits per heavy atom. The van der Waals surface area contributed by atoms with Crippen molar-refractivity contribution in [2.24, 2.45) is 5.73 Å². The highest BCUT2D eigenvalue weighted by molar-refractivity contribution is 6.30. The molecule has 106 valence electrons. The molecule has 0 spiro atoms. The quantitative estimate of drug-likeness (QED) is 0.767. The Morgan fingerprint density at radius 3 is 2.55 bits per heavy atom. The van der Waals surface area contributed by atoms with E-state index in [1.807, 2.05) is 36.4 Å². The molecular formula is C16H19ClN2O. The summed E-state index contributed by atoms with van der Waals surface area (Å²) in [6.45, 7) is 0.466. The van der Waals surface area contributed by atoms with Gasteiger partial charge in [-0.25, -0.2) is 0 Å². The first-order chi connectivity index (χ1) is 9.72. The molecule has 0 aliphatic rings. The molecule has 0 aliphatic carbocycles. The Morgan fingerprint density at radius 2 is 1.90 bits per heavy atom. The van der Waals surface area contributed by atoms with E-state index >= 15 is 0 Å². The maximum absolute atomic E-state index is 9.55. The van der Waals surface area contributed by atoms with Gasteiger partial charge in [-0.3, -0.25) is 0 Å². The van der Waals surface area contributed by atoms with Gasteiger partial charge >= 0.3 is 0 Å². The molecule has 2 aromatic carbocycles. The van der Waals surface area contributed by atoms with Crippen LogP contribution in [0.5, 0.6) is 0 Å². The van der Waals surface area contributed by atoms with Gasteiger partial charge in [0.25, 0.3) is 0 Å². The van der Waals surface area contributed by atoms with Gasteiger partial charge in [-0.05, 0) is 35.7 Å². The highest BCUT2D eigenvalue weighted by Gasteiger charge is 2.10. The second-order valence-electron chi connectivity index (χ2n) is 4.72. The SMILES string of the molecule is NCc1cc(Cl)ccc1NC(CO)Cc1ccccc1. The van der Waals surface area contributed by atoms with Crippen molar-refractivity contribution in [3.8, 4) is 0 Å². The number of anilines is 1. The summed E-state index contributed by atoms with van der Waals surface area (Å²) in [4.78, 5) is 0. The van der Waals surface area contributed by atoms with E-state index in [0.29, 0.717) is 11.6 Å². The molecule has 0 bridgehead atoms. The van der Waals surface area contributed by atoms with Crippen LogP contribution in [0.3, 0.4) is 0 Å². The van der Waals surface area contributed by atoms with Gasteiger partial charge in [-0.2, -0.15) is 0 Å². The van der Waals surface area contributed by atoms with Crippen LogP contribution in [-0.4, -0.2) is 17.8 Å². The molecule has 0 saturated heterocycles. The maximum Gasteiger partial charge on any atom is 0.0636 e. The summed E-state index contributed by atoms with van der Waals surface area (Å²) < 4.78 is 0. The van der Waals surface area contributed by atoms with Crippen molar-refractivity contribution in [1.29, 1.82) is 0 Å². The van der Waals surface area contributed by atoms with Gasteiger partial charge in [0.2, 0.25) is 0 Å². The average molecular weight is 291 g/mol. The third-order valence-corrected chi connectivity index (χ3v) is 3.43. The van der Waals surface area contributed by atoms with Crippen LogP contribution in [0.2, 0.25) is 5.02 Å². The Kier molecular flexibility index (Phi) is 5.41. The Bertz CT molecular complexity index is 545. The fraction of sp³-hybridized carbons (Fsp3) is 0.250. The molecule has 20 heavy (non-hydrogen) atoms. The van der Waals surface area contributed by atoms with E-state index in [1.54, 1.807) is 0 Å². The smallest absolute Gasteiger partial charge is 0.0636 e. The summed E-state index contributed by atoms with van der Waals surface area (Å²) >= 11 is 5.96. The summed E-state index contributed by atoms with van der Waals surface area (Å²) in [5.41, 5.74) is 8.78. The number of hydrogen-bond acceptors (Lipinski definition) is 3. The Hall–Kier alpha value is -1.55. The van der Waals surface area contributed by atoms with Crippen molar-refractivity contribution >= 4 is 17.3 Å². The minimum atomic E-state index is -0.0520. The molecule has 0 heterocycles. The number of aliphatic hydroxyl groups is 1. The fourth-order valence-corrected chi connectivity index (χ4v) is 2.35. The second kappa shape index (κ2) is 7.29. The van der Waals surface area contributed by atoms with E-state index in [4.69, 9.17) is 17.3 Å². The first kappa shape index (κ1) is 14.9. The van der Waals surface area contributed by atoms with Gasteiger partial charge in [-0.1, -0.05) is 41.9 Å². The molecule has 0 aliphatic heterocycles. The van der Waals surface area contributed by atoms with Crippen molar-refractivity contribution in [2.45, 2.75) is 19.0 Å². The van der Waals surface area contributed by atoms with Crippen molar-refractivity contribution in [3.05, 3.63) is 64.7 Å². The minimum Gasteiger partial charge on any atom is -0.394 e. The lowest BCUT2D eigenvalue weighted by Crippen LogP contribution is -2.27. The van der Waals surface area contributed by atoms with Crippen LogP contribution in [0.15, 0.2) is 48.5 Å². The molecule has 0 aromatic heterocycles. The van der Waals surface area contributed by atoms with Crippen LogP contribution in [0, 0.1) is 0 Å². The first-order valence-electron chi connectivity index (χ1n) is 6.62. The Labute approximate surface area is 124 Å². The topological polar surface area (TPSA) is 58.3 Å². The highest BCUT2D eigenvalue weighted by Crippen LogP contribution is 2.21. The van der Waals surface area contributed by atoms with Gasteiger partial charge in [0.15, 0.2) is 0 Å². The molecule has 0 radical (unpaired) electrons. The van der Waals surface area contributed by atoms with Gasteiger partial charge in [0.1, 0.15) is 0 Å². The van der Waals surface area contributed by atoms with Crippen LogP contribution < -0.4 is 11.1 Å². The number of benzene rings is 2. The van der Waals surface area contributed by atoms with Gasteiger partial charge < -0.3 is 16.2 Å². The molecular weight excluding hydrogens is 272 g/mol. The summed E-state index contributed by atoms with van der Waals surface area (Å²) in [6, 6.07) is 15.6. The maximum atomic E-state index is 9.55. The highest BCUT2D eigenvalue weighted by atomic mass is 35.5. The van der Waals surface area contributed by atoms with E-state index in [2.05, 4.69) is 17.4 Å². The monoisotopic (exact) mass is 290 g/mol. The zero-order valence-electron chi connectivity index (χ0n) is 11.2. The predicted octanol–water partition coefficient (Wildman–Crippen LogP) is 2.81. The zero-order valence-corrected chi connectivity index (χ0v) is 12.0. The lowest BCUT2D eigenvalue weighted by atomic mass is 10.1. The molecule has 0 amide bonds. The van der Waals surface area contributed by atoms with E-state index in [9.17, 15) is 5.11 Å². The summed E-state index contributed by atoms with van der Waals surface area (Å²) in [6.07, 6.45) is 0.754. The molecule has 1 unspecified atom stereocenters. The molecule has 0 saturated carbocycles. The number of nitrogens with one attached hydrogen (secondary N) is 1. The van der Waals surface area contributed by atoms with E-state index < -0.39 is 0 Å². The fourth-order valence-electron chi connectivity index (χ4n) is 2.15. The van der Waals surface area contributed by atoms with Crippen molar-refractivity contribution in [3.63, 3.8) is 0 Å². The number of hydrogen-bond donors (Lipinski definition) is 3. The van der Waals surface area contributed by atoms with E-state index in [-0.39, 0.29) is 12.6 Å². The molecule has 3 nitrogen and oxygen atoms in total. The minimum absolute atomic E-state index is 0.0520. The van der Waals surface area contributed by atoms with Crippen molar-refractivity contribution in [1.82, 2.24) is 0 Å². The number of halogens is 1. The standard InChI is InChI=1S/C16H19ClN2O/c17-14-6-7-16(13(9-14)10-18)19-15(11-20)8-12-4-2-1-3-5-12/h1-7,9,15,19-20H,8,10-11,18H2. The molecule has 2 rings (SSSR count). The largest absolute Gasteiger partial charge is 0.394 e. The number of rotatable bonds is 6. The second-order valence-corrected chi connectivity index (χ2v) is 5.16. The molecule has 4 N–H and O–H groups in total. The van der Waals surface area contributed by atoms with Gasteiger partial charge in [-0.15, -0.1) is 0 Å². The van der Waals surface area contributed by atoms with Crippen LogP contribution in [0.25, 0.3) is 0 Å². The molecule has 0 fully saturated rings. The van der Waals surface area contributed by atoms with Crippen molar-refractivity contribution < 1.29 is 5.11 Å². The van der Waals surface area contributed by atoms with Gasteiger partial charge in [0, 0.05) is 17.3 Å². The lowest BCUT2D eigenvalue weighted by molar-refractivity contribution is 0.273. The average Bonchev–Trinajstić information content (AvgIpc) is 2.49. The first-order valence-corrected chi connectivity index (χ1v) is 7.00. The van der Waals surface area contributed by atoms with E-state index in [1.165, 1.54) is 5.56 Å².